The lowest BCUT2D eigenvalue weighted by Gasteiger charge is -2.53. The topological polar surface area (TPSA) is 201 Å². The summed E-state index contributed by atoms with van der Waals surface area (Å²) in [6, 6.07) is -0.586. The first-order valence-electron chi connectivity index (χ1n) is 21.4. The third kappa shape index (κ3) is 11.1. The Bertz CT molecular complexity index is 1290. The van der Waals surface area contributed by atoms with Crippen LogP contribution in [0.3, 0.4) is 0 Å². The highest BCUT2D eigenvalue weighted by molar-refractivity contribution is 5.73. The number of cyclic esters (lactones) is 1. The average molecular weight is 818 g/mol. The maximum Gasteiger partial charge on any atom is 0.311 e. The first kappa shape index (κ1) is 48.6. The molecule has 0 bridgehead atoms. The van der Waals surface area contributed by atoms with Gasteiger partial charge in [0.2, 0.25) is 0 Å². The van der Waals surface area contributed by atoms with Gasteiger partial charge in [0, 0.05) is 44.6 Å². The second-order valence-corrected chi connectivity index (χ2v) is 19.1. The largest absolute Gasteiger partial charge is 0.459 e. The molecule has 0 amide bonds. The van der Waals surface area contributed by atoms with Gasteiger partial charge in [-0.05, 0) is 113 Å². The van der Waals surface area contributed by atoms with Gasteiger partial charge in [-0.25, -0.2) is 0 Å². The minimum atomic E-state index is -1.79. The highest BCUT2D eigenvalue weighted by Gasteiger charge is 2.58. The van der Waals surface area contributed by atoms with E-state index in [1.54, 1.807) is 41.7 Å². The number of hydrogen-bond donors (Lipinski definition) is 7. The quantitative estimate of drug-likeness (QED) is 0.149. The van der Waals surface area contributed by atoms with Crippen molar-refractivity contribution < 1.29 is 58.7 Å². The monoisotopic (exact) mass is 818 g/mol. The summed E-state index contributed by atoms with van der Waals surface area (Å²) in [7, 11) is 5.32. The smallest absolute Gasteiger partial charge is 0.311 e. The van der Waals surface area contributed by atoms with E-state index in [0.29, 0.717) is 18.9 Å². The number of carbonyl (C=O) groups is 1. The fourth-order valence-corrected chi connectivity index (χ4v) is 9.52. The van der Waals surface area contributed by atoms with E-state index in [2.05, 4.69) is 10.6 Å². The minimum absolute atomic E-state index is 0.103. The van der Waals surface area contributed by atoms with E-state index in [0.717, 1.165) is 6.54 Å². The fraction of sp³-hybridized carbons (Fsp3) is 0.976. The maximum absolute atomic E-state index is 14.4. The number of aliphatic hydroxyl groups is 5. The van der Waals surface area contributed by atoms with Crippen LogP contribution in [0.5, 0.6) is 0 Å². The van der Waals surface area contributed by atoms with Crippen LogP contribution >= 0.6 is 0 Å². The van der Waals surface area contributed by atoms with Gasteiger partial charge in [-0.15, -0.1) is 0 Å². The lowest BCUT2D eigenvalue weighted by atomic mass is 9.75. The van der Waals surface area contributed by atoms with Crippen LogP contribution in [0.25, 0.3) is 0 Å². The third-order valence-electron chi connectivity index (χ3n) is 13.7. The van der Waals surface area contributed by atoms with Crippen molar-refractivity contribution >= 4 is 5.97 Å². The van der Waals surface area contributed by atoms with Crippen molar-refractivity contribution in [2.75, 3.05) is 40.8 Å². The second-order valence-electron chi connectivity index (χ2n) is 19.1. The van der Waals surface area contributed by atoms with Crippen LogP contribution < -0.4 is 10.6 Å². The molecule has 3 heterocycles. The fourth-order valence-electron chi connectivity index (χ4n) is 9.52. The number of nitrogens with zero attached hydrogens (tertiary/aromatic N) is 1. The van der Waals surface area contributed by atoms with E-state index in [1.165, 1.54) is 19.8 Å². The van der Waals surface area contributed by atoms with E-state index in [1.807, 2.05) is 46.7 Å². The summed E-state index contributed by atoms with van der Waals surface area (Å²) in [6.45, 7) is 19.0. The summed E-state index contributed by atoms with van der Waals surface area (Å²) in [5.41, 5.74) is -5.93. The number of methoxy groups -OCH3 is 1. The van der Waals surface area contributed by atoms with Crippen LogP contribution in [-0.4, -0.2) is 167 Å². The molecular weight excluding hydrogens is 738 g/mol. The number of aliphatic hydroxyl groups excluding tert-OH is 2. The Morgan fingerprint density at radius 3 is 2.19 bits per heavy atom. The third-order valence-corrected chi connectivity index (χ3v) is 13.7. The minimum Gasteiger partial charge on any atom is -0.459 e. The average Bonchev–Trinajstić information content (AvgIpc) is 3.96. The maximum atomic E-state index is 14.4. The molecule has 15 nitrogen and oxygen atoms in total. The molecule has 3 aliphatic heterocycles. The molecule has 4 fully saturated rings. The van der Waals surface area contributed by atoms with Gasteiger partial charge in [0.1, 0.15) is 29.0 Å². The zero-order valence-corrected chi connectivity index (χ0v) is 37.1. The normalized spacial score (nSPS) is 48.6. The van der Waals surface area contributed by atoms with E-state index in [-0.39, 0.29) is 44.0 Å². The number of ether oxygens (including phenoxy) is 6. The Kier molecular flexibility index (Phi) is 16.5. The molecule has 1 aliphatic carbocycles. The molecule has 3 saturated heterocycles. The van der Waals surface area contributed by atoms with E-state index in [4.69, 9.17) is 28.4 Å². The van der Waals surface area contributed by atoms with Crippen molar-refractivity contribution in [3.05, 3.63) is 0 Å². The molecule has 57 heavy (non-hydrogen) atoms. The van der Waals surface area contributed by atoms with Gasteiger partial charge >= 0.3 is 5.97 Å². The van der Waals surface area contributed by atoms with Crippen molar-refractivity contribution in [1.82, 2.24) is 15.5 Å². The van der Waals surface area contributed by atoms with Gasteiger partial charge < -0.3 is 69.5 Å². The summed E-state index contributed by atoms with van der Waals surface area (Å²) in [5.74, 6) is -2.34. The molecule has 7 N–H and O–H groups in total. The SMILES string of the molecule is CC[C@@H]1OC(=O)[C@H](C)[C@H](OC2C[C@@](C)(OC)[C@](O)(CNCC3CC3)[C@H](C)O2)[C@@H](C)[C@@H](O[C@@H]2O[C@H](C)C[C@H](N(C)C)[C@H]2O)[C@](C)(O)C[C@@H](C)NC[C@@H](C)[C@H](O)[C@]1(C)O. The number of carbonyl (C=O) groups excluding carboxylic acids is 1. The molecule has 0 radical (unpaired) electrons. The Morgan fingerprint density at radius 1 is 0.965 bits per heavy atom. The zero-order valence-electron chi connectivity index (χ0n) is 37.1. The molecule has 0 spiro atoms. The summed E-state index contributed by atoms with van der Waals surface area (Å²) < 4.78 is 38.4. The molecular formula is C42H79N3O12. The first-order valence-corrected chi connectivity index (χ1v) is 21.4. The van der Waals surface area contributed by atoms with Crippen molar-refractivity contribution in [3.63, 3.8) is 0 Å². The molecule has 4 aliphatic rings. The Balaban J connectivity index is 1.77. The van der Waals surface area contributed by atoms with Gasteiger partial charge in [0.15, 0.2) is 12.6 Å². The second kappa shape index (κ2) is 19.3. The van der Waals surface area contributed by atoms with Crippen molar-refractivity contribution in [2.24, 2.45) is 23.7 Å². The lowest BCUT2D eigenvalue weighted by Crippen LogP contribution is -2.70. The molecule has 15 heteroatoms. The molecule has 1 saturated carbocycles. The standard InChI is InChI=1S/C42H79N3O12/c1-14-31-41(10,50)35(47)23(2)20-44-24(3)18-39(8,49)36(57-38-33(46)30(45(11)12)17-25(4)53-38)26(5)34(27(6)37(48)55-31)56-32-19-40(9,52-13)42(51,28(7)54-32)22-43-21-29-15-16-29/h23-36,38,43-44,46-47,49-51H,14-22H2,1-13H3/t23-,24-,25-,26-,27-,28+,30+,31+,32?,33-,34-,35+,36-,38+,39-,40-,41-,42+/m1/s1. The van der Waals surface area contributed by atoms with Crippen LogP contribution in [0.1, 0.15) is 108 Å². The van der Waals surface area contributed by atoms with Crippen molar-refractivity contribution in [1.29, 1.82) is 0 Å². The van der Waals surface area contributed by atoms with Gasteiger partial charge in [-0.2, -0.15) is 0 Å². The molecule has 1 unspecified atom stereocenters. The van der Waals surface area contributed by atoms with E-state index >= 15 is 0 Å². The number of hydrogen-bond acceptors (Lipinski definition) is 15. The van der Waals surface area contributed by atoms with Gasteiger partial charge in [-0.3, -0.25) is 4.79 Å². The van der Waals surface area contributed by atoms with Crippen LogP contribution in [0, 0.1) is 23.7 Å². The van der Waals surface area contributed by atoms with Crippen molar-refractivity contribution in [2.45, 2.75) is 198 Å². The Hall–Kier alpha value is -1.05. The molecule has 0 aromatic carbocycles. The predicted octanol–water partition coefficient (Wildman–Crippen LogP) is 1.93. The number of nitrogens with one attached hydrogen (secondary N) is 2. The summed E-state index contributed by atoms with van der Waals surface area (Å²) in [6.07, 6.45) is -5.21. The highest BCUT2D eigenvalue weighted by atomic mass is 16.7. The Morgan fingerprint density at radius 2 is 1.61 bits per heavy atom. The van der Waals surface area contributed by atoms with Crippen LogP contribution in [0.2, 0.25) is 0 Å². The summed E-state index contributed by atoms with van der Waals surface area (Å²) in [4.78, 5) is 16.3. The van der Waals surface area contributed by atoms with Gasteiger partial charge in [0.25, 0.3) is 0 Å². The van der Waals surface area contributed by atoms with E-state index in [9.17, 15) is 30.3 Å². The summed E-state index contributed by atoms with van der Waals surface area (Å²) in [5, 5.41) is 66.2. The molecule has 4 rings (SSSR count). The highest BCUT2D eigenvalue weighted by Crippen LogP contribution is 2.43. The van der Waals surface area contributed by atoms with Crippen LogP contribution in [0.15, 0.2) is 0 Å². The van der Waals surface area contributed by atoms with Gasteiger partial charge in [-0.1, -0.05) is 20.8 Å². The Labute approximate surface area is 341 Å². The summed E-state index contributed by atoms with van der Waals surface area (Å²) >= 11 is 0. The molecule has 0 aromatic heterocycles. The lowest BCUT2D eigenvalue weighted by molar-refractivity contribution is -0.336. The van der Waals surface area contributed by atoms with Crippen LogP contribution in [0.4, 0.5) is 0 Å². The van der Waals surface area contributed by atoms with E-state index < -0.39 is 95.3 Å². The van der Waals surface area contributed by atoms with Gasteiger partial charge in [0.05, 0.1) is 42.0 Å². The molecule has 18 atom stereocenters. The molecule has 0 aromatic rings. The predicted molar refractivity (Wildman–Crippen MR) is 214 cm³/mol. The number of likely N-dealkylation sites (N-methyl/N-ethyl adjacent to an activating group) is 1. The molecule has 334 valence electrons. The van der Waals surface area contributed by atoms with Crippen LogP contribution in [-0.2, 0) is 33.2 Å². The zero-order chi connectivity index (χ0) is 42.8. The van der Waals surface area contributed by atoms with Crippen molar-refractivity contribution in [3.8, 4) is 0 Å². The first-order chi connectivity index (χ1) is 26.4. The number of esters is 1. The number of rotatable bonds is 11.